The lowest BCUT2D eigenvalue weighted by Crippen LogP contribution is -2.22. The average molecular weight is 302 g/mol. The zero-order valence-electron chi connectivity index (χ0n) is 12.5. The number of nitrogens with one attached hydrogen (secondary N) is 2. The van der Waals surface area contributed by atoms with Crippen LogP contribution in [0.2, 0.25) is 0 Å². The van der Waals surface area contributed by atoms with Gasteiger partial charge in [-0.25, -0.2) is 0 Å². The molecule has 2 amide bonds. The molecule has 0 unspecified atom stereocenters. The first-order valence-electron chi connectivity index (χ1n) is 7.40. The number of amides is 2. The van der Waals surface area contributed by atoms with Crippen LogP contribution in [0.5, 0.6) is 0 Å². The highest BCUT2D eigenvalue weighted by Crippen LogP contribution is 2.36. The molecule has 0 aliphatic carbocycles. The van der Waals surface area contributed by atoms with Crippen LogP contribution in [-0.2, 0) is 9.59 Å². The number of benzene rings is 2. The van der Waals surface area contributed by atoms with Crippen molar-refractivity contribution in [2.75, 3.05) is 0 Å². The third-order valence-corrected chi connectivity index (χ3v) is 4.14. The summed E-state index contributed by atoms with van der Waals surface area (Å²) in [5.41, 5.74) is 4.24. The number of carbonyl (C=O) groups is 2. The molecule has 1 aliphatic rings. The summed E-state index contributed by atoms with van der Waals surface area (Å²) in [7, 11) is 0. The lowest BCUT2D eigenvalue weighted by molar-refractivity contribution is -0.122. The number of aromatic amines is 1. The molecule has 112 valence electrons. The van der Waals surface area contributed by atoms with E-state index in [0.717, 1.165) is 27.7 Å². The Balaban J connectivity index is 2.07. The minimum Gasteiger partial charge on any atom is -0.358 e. The zero-order valence-corrected chi connectivity index (χ0v) is 12.5. The monoisotopic (exact) mass is 302 g/mol. The highest BCUT2D eigenvalue weighted by Gasteiger charge is 2.34. The van der Waals surface area contributed by atoms with Crippen molar-refractivity contribution in [3.8, 4) is 0 Å². The van der Waals surface area contributed by atoms with E-state index in [0.29, 0.717) is 11.1 Å². The highest BCUT2D eigenvalue weighted by atomic mass is 16.2. The average Bonchev–Trinajstić information content (AvgIpc) is 3.03. The van der Waals surface area contributed by atoms with Crippen molar-refractivity contribution < 1.29 is 9.59 Å². The third-order valence-electron chi connectivity index (χ3n) is 4.14. The Labute approximate surface area is 132 Å². The van der Waals surface area contributed by atoms with E-state index in [4.69, 9.17) is 0 Å². The van der Waals surface area contributed by atoms with E-state index in [-0.39, 0.29) is 11.8 Å². The molecule has 4 nitrogen and oxygen atoms in total. The highest BCUT2D eigenvalue weighted by molar-refractivity contribution is 6.50. The maximum atomic E-state index is 12.5. The second-order valence-electron chi connectivity index (χ2n) is 5.57. The van der Waals surface area contributed by atoms with Gasteiger partial charge in [0.1, 0.15) is 0 Å². The Kier molecular flexibility index (Phi) is 2.91. The lowest BCUT2D eigenvalue weighted by atomic mass is 9.94. The van der Waals surface area contributed by atoms with Gasteiger partial charge >= 0.3 is 0 Å². The van der Waals surface area contributed by atoms with Gasteiger partial charge < -0.3 is 4.98 Å². The van der Waals surface area contributed by atoms with Crippen molar-refractivity contribution in [2.24, 2.45) is 0 Å². The molecule has 23 heavy (non-hydrogen) atoms. The van der Waals surface area contributed by atoms with Crippen LogP contribution < -0.4 is 5.32 Å². The lowest BCUT2D eigenvalue weighted by Gasteiger charge is -2.05. The van der Waals surface area contributed by atoms with Crippen LogP contribution in [0, 0.1) is 6.92 Å². The van der Waals surface area contributed by atoms with E-state index in [1.54, 1.807) is 0 Å². The van der Waals surface area contributed by atoms with Crippen LogP contribution in [0.3, 0.4) is 0 Å². The summed E-state index contributed by atoms with van der Waals surface area (Å²) in [4.78, 5) is 28.1. The van der Waals surface area contributed by atoms with Gasteiger partial charge in [0.15, 0.2) is 0 Å². The summed E-state index contributed by atoms with van der Waals surface area (Å²) in [5.74, 6) is -0.692. The van der Waals surface area contributed by atoms with Gasteiger partial charge in [-0.1, -0.05) is 48.5 Å². The molecule has 2 N–H and O–H groups in total. The molecule has 1 aromatic heterocycles. The van der Waals surface area contributed by atoms with Crippen molar-refractivity contribution in [1.82, 2.24) is 10.3 Å². The number of fused-ring (bicyclic) bond motifs is 1. The minimum absolute atomic E-state index is 0.346. The zero-order chi connectivity index (χ0) is 16.0. The number of aromatic nitrogens is 1. The number of aryl methyl sites for hydroxylation is 1. The Morgan fingerprint density at radius 1 is 0.783 bits per heavy atom. The van der Waals surface area contributed by atoms with E-state index in [1.165, 1.54) is 0 Å². The molecule has 0 atom stereocenters. The Morgan fingerprint density at radius 2 is 1.43 bits per heavy atom. The predicted molar refractivity (Wildman–Crippen MR) is 89.4 cm³/mol. The molecular formula is C19H14N2O2. The smallest absolute Gasteiger partial charge is 0.259 e. The number of H-pyrrole nitrogens is 1. The van der Waals surface area contributed by atoms with E-state index in [2.05, 4.69) is 10.3 Å². The summed E-state index contributed by atoms with van der Waals surface area (Å²) in [6, 6.07) is 17.1. The van der Waals surface area contributed by atoms with Gasteiger partial charge in [-0.05, 0) is 18.6 Å². The molecule has 0 radical (unpaired) electrons. The van der Waals surface area contributed by atoms with E-state index in [1.807, 2.05) is 61.5 Å². The minimum atomic E-state index is -0.346. The second-order valence-corrected chi connectivity index (χ2v) is 5.57. The Hall–Kier alpha value is -3.14. The van der Waals surface area contributed by atoms with E-state index < -0.39 is 0 Å². The molecule has 0 spiro atoms. The van der Waals surface area contributed by atoms with Crippen LogP contribution in [-0.4, -0.2) is 16.8 Å². The van der Waals surface area contributed by atoms with Crippen LogP contribution in [0.25, 0.3) is 22.0 Å². The van der Waals surface area contributed by atoms with Crippen LogP contribution in [0.1, 0.15) is 16.8 Å². The number of hydrogen-bond donors (Lipinski definition) is 2. The summed E-state index contributed by atoms with van der Waals surface area (Å²) < 4.78 is 0. The van der Waals surface area contributed by atoms with E-state index >= 15 is 0 Å². The number of hydrogen-bond acceptors (Lipinski definition) is 2. The Morgan fingerprint density at radius 3 is 2.22 bits per heavy atom. The fourth-order valence-corrected chi connectivity index (χ4v) is 3.17. The predicted octanol–water partition coefficient (Wildman–Crippen LogP) is 3.04. The van der Waals surface area contributed by atoms with Gasteiger partial charge in [0, 0.05) is 22.2 Å². The van der Waals surface area contributed by atoms with Crippen molar-refractivity contribution >= 4 is 33.9 Å². The van der Waals surface area contributed by atoms with Crippen molar-refractivity contribution in [1.29, 1.82) is 0 Å². The quantitative estimate of drug-likeness (QED) is 0.715. The summed E-state index contributed by atoms with van der Waals surface area (Å²) >= 11 is 0. The molecule has 0 bridgehead atoms. The van der Waals surface area contributed by atoms with Gasteiger partial charge in [-0.3, -0.25) is 14.9 Å². The summed E-state index contributed by atoms with van der Waals surface area (Å²) in [6.45, 7) is 1.92. The summed E-state index contributed by atoms with van der Waals surface area (Å²) in [6.07, 6.45) is 0. The van der Waals surface area contributed by atoms with Gasteiger partial charge in [0.25, 0.3) is 11.8 Å². The fourth-order valence-electron chi connectivity index (χ4n) is 3.17. The molecule has 2 heterocycles. The van der Waals surface area contributed by atoms with Crippen LogP contribution >= 0.6 is 0 Å². The molecule has 1 aliphatic heterocycles. The van der Waals surface area contributed by atoms with Crippen LogP contribution in [0.4, 0.5) is 0 Å². The fraction of sp³-hybridized carbons (Fsp3) is 0.0526. The topological polar surface area (TPSA) is 62.0 Å². The molecule has 4 heteroatoms. The first kappa shape index (κ1) is 13.5. The number of para-hydroxylation sites is 1. The first-order chi connectivity index (χ1) is 11.2. The first-order valence-corrected chi connectivity index (χ1v) is 7.40. The second kappa shape index (κ2) is 4.95. The van der Waals surface area contributed by atoms with Gasteiger partial charge in [0.2, 0.25) is 0 Å². The van der Waals surface area contributed by atoms with Crippen molar-refractivity contribution in [3.63, 3.8) is 0 Å². The van der Waals surface area contributed by atoms with Crippen LogP contribution in [0.15, 0.2) is 54.6 Å². The van der Waals surface area contributed by atoms with Gasteiger partial charge in [0.05, 0.1) is 11.1 Å². The largest absolute Gasteiger partial charge is 0.358 e. The maximum absolute atomic E-state index is 12.5. The molecule has 0 fully saturated rings. The normalized spacial score (nSPS) is 14.7. The standard InChI is InChI=1S/C19H14N2O2/c1-11-15(13-9-5-6-10-14(13)20-11)17-16(18(22)21-19(17)23)12-7-3-2-4-8-12/h2-10,20H,1H3,(H,21,22,23). The molecular weight excluding hydrogens is 288 g/mol. The molecule has 3 aromatic rings. The third kappa shape index (κ3) is 1.99. The molecule has 2 aromatic carbocycles. The number of imide groups is 1. The Bertz CT molecular complexity index is 981. The molecule has 4 rings (SSSR count). The molecule has 0 saturated heterocycles. The van der Waals surface area contributed by atoms with Crippen molar-refractivity contribution in [2.45, 2.75) is 6.92 Å². The SMILES string of the molecule is Cc1[nH]c2ccccc2c1C1=C(c2ccccc2)C(=O)NC1=O. The van der Waals surface area contributed by atoms with Gasteiger partial charge in [-0.2, -0.15) is 0 Å². The van der Waals surface area contributed by atoms with Gasteiger partial charge in [-0.15, -0.1) is 0 Å². The maximum Gasteiger partial charge on any atom is 0.259 e. The van der Waals surface area contributed by atoms with E-state index in [9.17, 15) is 9.59 Å². The van der Waals surface area contributed by atoms with Crippen molar-refractivity contribution in [3.05, 3.63) is 71.4 Å². The number of rotatable bonds is 2. The number of carbonyl (C=O) groups excluding carboxylic acids is 2. The molecule has 0 saturated carbocycles. The summed E-state index contributed by atoms with van der Waals surface area (Å²) in [5, 5.41) is 3.37.